The molecule has 0 aromatic carbocycles. The van der Waals surface area contributed by atoms with E-state index in [9.17, 15) is 4.79 Å². The van der Waals surface area contributed by atoms with Crippen LogP contribution in [0.1, 0.15) is 19.4 Å². The van der Waals surface area contributed by atoms with Crippen molar-refractivity contribution in [3.8, 4) is 0 Å². The van der Waals surface area contributed by atoms with E-state index in [1.54, 1.807) is 0 Å². The summed E-state index contributed by atoms with van der Waals surface area (Å²) >= 11 is 0. The van der Waals surface area contributed by atoms with Crippen LogP contribution in [0.5, 0.6) is 0 Å². The molecule has 112 valence electrons. The molecule has 0 radical (unpaired) electrons. The van der Waals surface area contributed by atoms with Crippen LogP contribution in [-0.2, 0) is 17.9 Å². The Morgan fingerprint density at radius 3 is 2.55 bits per heavy atom. The molecule has 1 saturated heterocycles. The number of hydrogen-bond donors (Lipinski definition) is 1. The molecule has 1 aliphatic rings. The molecule has 0 bridgehead atoms. The number of amides is 1. The SMILES string of the molecule is CCNC(=O)CN1CCN(Cc2cnn(CC)c2)CC1. The minimum absolute atomic E-state index is 0.130. The summed E-state index contributed by atoms with van der Waals surface area (Å²) in [5, 5.41) is 7.15. The zero-order valence-electron chi connectivity index (χ0n) is 12.5. The summed E-state index contributed by atoms with van der Waals surface area (Å²) in [5.41, 5.74) is 1.27. The zero-order valence-corrected chi connectivity index (χ0v) is 12.5. The van der Waals surface area contributed by atoms with Crippen LogP contribution in [0.25, 0.3) is 0 Å². The number of carbonyl (C=O) groups is 1. The van der Waals surface area contributed by atoms with E-state index in [1.165, 1.54) is 5.56 Å². The first kappa shape index (κ1) is 15.0. The van der Waals surface area contributed by atoms with Gasteiger partial charge in [-0.2, -0.15) is 5.10 Å². The van der Waals surface area contributed by atoms with Gasteiger partial charge in [0.1, 0.15) is 0 Å². The first-order valence-corrected chi connectivity index (χ1v) is 7.44. The number of carbonyl (C=O) groups excluding carboxylic acids is 1. The van der Waals surface area contributed by atoms with Crippen molar-refractivity contribution in [2.24, 2.45) is 0 Å². The molecule has 1 fully saturated rings. The number of aryl methyl sites for hydroxylation is 1. The molecule has 6 heteroatoms. The van der Waals surface area contributed by atoms with Crippen molar-refractivity contribution in [2.75, 3.05) is 39.3 Å². The van der Waals surface area contributed by atoms with Gasteiger partial charge in [0.2, 0.25) is 5.91 Å². The zero-order chi connectivity index (χ0) is 14.4. The molecule has 2 rings (SSSR count). The minimum atomic E-state index is 0.130. The molecule has 1 aromatic heterocycles. The van der Waals surface area contributed by atoms with Gasteiger partial charge in [0.05, 0.1) is 12.7 Å². The summed E-state index contributed by atoms with van der Waals surface area (Å²) in [7, 11) is 0. The number of likely N-dealkylation sites (N-methyl/N-ethyl adjacent to an activating group) is 1. The average molecular weight is 279 g/mol. The third kappa shape index (κ3) is 4.31. The second-order valence-electron chi connectivity index (χ2n) is 5.21. The van der Waals surface area contributed by atoms with E-state index in [0.29, 0.717) is 13.1 Å². The van der Waals surface area contributed by atoms with E-state index in [4.69, 9.17) is 0 Å². The van der Waals surface area contributed by atoms with Crippen molar-refractivity contribution in [2.45, 2.75) is 26.9 Å². The van der Waals surface area contributed by atoms with Crippen LogP contribution in [-0.4, -0.2) is 64.8 Å². The van der Waals surface area contributed by atoms with Gasteiger partial charge in [0.25, 0.3) is 0 Å². The lowest BCUT2D eigenvalue weighted by molar-refractivity contribution is -0.122. The number of piperazine rings is 1. The van der Waals surface area contributed by atoms with Crippen molar-refractivity contribution >= 4 is 5.91 Å². The summed E-state index contributed by atoms with van der Waals surface area (Å²) in [6.45, 7) is 11.1. The molecule has 1 aliphatic heterocycles. The fourth-order valence-corrected chi connectivity index (χ4v) is 2.48. The van der Waals surface area contributed by atoms with E-state index >= 15 is 0 Å². The highest BCUT2D eigenvalue weighted by atomic mass is 16.2. The summed E-state index contributed by atoms with van der Waals surface area (Å²) < 4.78 is 1.96. The molecule has 2 heterocycles. The smallest absolute Gasteiger partial charge is 0.234 e. The van der Waals surface area contributed by atoms with Crippen LogP contribution in [0.4, 0.5) is 0 Å². The Bertz CT molecular complexity index is 423. The third-order valence-corrected chi connectivity index (χ3v) is 3.62. The molecule has 0 spiro atoms. The van der Waals surface area contributed by atoms with Crippen LogP contribution in [0, 0.1) is 0 Å². The van der Waals surface area contributed by atoms with Gasteiger partial charge in [0, 0.05) is 57.6 Å². The highest BCUT2D eigenvalue weighted by Crippen LogP contribution is 2.07. The lowest BCUT2D eigenvalue weighted by atomic mass is 10.2. The van der Waals surface area contributed by atoms with Gasteiger partial charge in [-0.3, -0.25) is 19.3 Å². The van der Waals surface area contributed by atoms with Crippen LogP contribution in [0.2, 0.25) is 0 Å². The largest absolute Gasteiger partial charge is 0.355 e. The van der Waals surface area contributed by atoms with Crippen molar-refractivity contribution in [3.63, 3.8) is 0 Å². The number of rotatable bonds is 6. The standard InChI is InChI=1S/C14H25N5O/c1-3-15-14(20)12-18-7-5-17(6-8-18)10-13-9-16-19(4-2)11-13/h9,11H,3-8,10,12H2,1-2H3,(H,15,20). The lowest BCUT2D eigenvalue weighted by Gasteiger charge is -2.34. The maximum absolute atomic E-state index is 11.5. The van der Waals surface area contributed by atoms with Crippen molar-refractivity contribution in [1.29, 1.82) is 0 Å². The quantitative estimate of drug-likeness (QED) is 0.806. The van der Waals surface area contributed by atoms with Crippen molar-refractivity contribution in [3.05, 3.63) is 18.0 Å². The Labute approximate surface area is 120 Å². The molecule has 0 unspecified atom stereocenters. The molecule has 1 amide bonds. The number of nitrogens with one attached hydrogen (secondary N) is 1. The minimum Gasteiger partial charge on any atom is -0.355 e. The van der Waals surface area contributed by atoms with E-state index in [2.05, 4.69) is 33.3 Å². The Kier molecular flexibility index (Phi) is 5.55. The van der Waals surface area contributed by atoms with Crippen LogP contribution >= 0.6 is 0 Å². The van der Waals surface area contributed by atoms with Crippen LogP contribution in [0.3, 0.4) is 0 Å². The van der Waals surface area contributed by atoms with E-state index < -0.39 is 0 Å². The number of aromatic nitrogens is 2. The summed E-state index contributed by atoms with van der Waals surface area (Å²) in [4.78, 5) is 16.2. The molecular formula is C14H25N5O. The highest BCUT2D eigenvalue weighted by molar-refractivity contribution is 5.77. The normalized spacial score (nSPS) is 17.3. The number of hydrogen-bond acceptors (Lipinski definition) is 4. The maximum Gasteiger partial charge on any atom is 0.234 e. The van der Waals surface area contributed by atoms with Crippen molar-refractivity contribution in [1.82, 2.24) is 24.9 Å². The molecule has 1 aromatic rings. The molecule has 0 aliphatic carbocycles. The molecule has 6 nitrogen and oxygen atoms in total. The van der Waals surface area contributed by atoms with Gasteiger partial charge in [0.15, 0.2) is 0 Å². The maximum atomic E-state index is 11.5. The Morgan fingerprint density at radius 1 is 1.25 bits per heavy atom. The van der Waals surface area contributed by atoms with E-state index in [1.807, 2.05) is 17.8 Å². The molecular weight excluding hydrogens is 254 g/mol. The fourth-order valence-electron chi connectivity index (χ4n) is 2.48. The first-order valence-electron chi connectivity index (χ1n) is 7.44. The van der Waals surface area contributed by atoms with Gasteiger partial charge < -0.3 is 5.32 Å². The van der Waals surface area contributed by atoms with Gasteiger partial charge in [-0.25, -0.2) is 0 Å². The Balaban J connectivity index is 1.72. The van der Waals surface area contributed by atoms with Gasteiger partial charge in [-0.05, 0) is 13.8 Å². The Hall–Kier alpha value is -1.40. The predicted octanol–water partition coefficient (Wildman–Crippen LogP) is 0.157. The molecule has 0 atom stereocenters. The topological polar surface area (TPSA) is 53.4 Å². The molecule has 0 saturated carbocycles. The van der Waals surface area contributed by atoms with Crippen LogP contribution in [0.15, 0.2) is 12.4 Å². The Morgan fingerprint density at radius 2 is 1.95 bits per heavy atom. The first-order chi connectivity index (χ1) is 9.71. The second-order valence-corrected chi connectivity index (χ2v) is 5.21. The van der Waals surface area contributed by atoms with Crippen molar-refractivity contribution < 1.29 is 4.79 Å². The summed E-state index contributed by atoms with van der Waals surface area (Å²) in [5.74, 6) is 0.130. The third-order valence-electron chi connectivity index (χ3n) is 3.62. The number of nitrogens with zero attached hydrogens (tertiary/aromatic N) is 4. The van der Waals surface area contributed by atoms with Gasteiger partial charge in [-0.1, -0.05) is 0 Å². The fraction of sp³-hybridized carbons (Fsp3) is 0.714. The van der Waals surface area contributed by atoms with E-state index in [0.717, 1.165) is 39.3 Å². The lowest BCUT2D eigenvalue weighted by Crippen LogP contribution is -2.49. The highest BCUT2D eigenvalue weighted by Gasteiger charge is 2.19. The summed E-state index contributed by atoms with van der Waals surface area (Å²) in [6, 6.07) is 0. The average Bonchev–Trinajstić information content (AvgIpc) is 2.89. The molecule has 1 N–H and O–H groups in total. The predicted molar refractivity (Wildman–Crippen MR) is 78.3 cm³/mol. The monoisotopic (exact) mass is 279 g/mol. The summed E-state index contributed by atoms with van der Waals surface area (Å²) in [6.07, 6.45) is 4.06. The van der Waals surface area contributed by atoms with Crippen LogP contribution < -0.4 is 5.32 Å². The molecule has 20 heavy (non-hydrogen) atoms. The van der Waals surface area contributed by atoms with Gasteiger partial charge >= 0.3 is 0 Å². The second kappa shape index (κ2) is 7.40. The van der Waals surface area contributed by atoms with E-state index in [-0.39, 0.29) is 5.91 Å². The van der Waals surface area contributed by atoms with Gasteiger partial charge in [-0.15, -0.1) is 0 Å².